The molecular formula is C13H14N2O2. The maximum absolute atomic E-state index is 11.0. The molecule has 1 fully saturated rings. The van der Waals surface area contributed by atoms with Crippen LogP contribution in [0.15, 0.2) is 29.0 Å². The van der Waals surface area contributed by atoms with Crippen molar-refractivity contribution in [3.8, 4) is 11.5 Å². The Morgan fingerprint density at radius 1 is 1.59 bits per heavy atom. The minimum absolute atomic E-state index is 0.359. The van der Waals surface area contributed by atoms with E-state index in [4.69, 9.17) is 4.42 Å². The summed E-state index contributed by atoms with van der Waals surface area (Å²) < 4.78 is 7.18. The zero-order valence-electron chi connectivity index (χ0n) is 9.67. The molecule has 2 aromatic heterocycles. The van der Waals surface area contributed by atoms with Crippen molar-refractivity contribution in [2.45, 2.75) is 25.8 Å². The molecule has 1 unspecified atom stereocenters. The Kier molecular flexibility index (Phi) is 2.35. The van der Waals surface area contributed by atoms with Crippen molar-refractivity contribution in [1.82, 2.24) is 9.78 Å². The lowest BCUT2D eigenvalue weighted by atomic mass is 10.2. The van der Waals surface area contributed by atoms with Crippen LogP contribution in [-0.2, 0) is 0 Å². The molecule has 0 N–H and O–H groups in total. The van der Waals surface area contributed by atoms with E-state index in [1.54, 1.807) is 12.3 Å². The second kappa shape index (κ2) is 3.87. The van der Waals surface area contributed by atoms with Gasteiger partial charge in [-0.05, 0) is 37.8 Å². The standard InChI is InChI=1S/C13H14N2O2/c1-9(10-4-5-10)15-7-11(8-16)13(14-15)12-3-2-6-17-12/h2-3,6-10H,4-5H2,1H3. The third kappa shape index (κ3) is 1.79. The summed E-state index contributed by atoms with van der Waals surface area (Å²) in [6, 6.07) is 3.98. The van der Waals surface area contributed by atoms with Crippen LogP contribution in [0.3, 0.4) is 0 Å². The Morgan fingerprint density at radius 2 is 2.41 bits per heavy atom. The minimum atomic E-state index is 0.359. The largest absolute Gasteiger partial charge is 0.463 e. The maximum Gasteiger partial charge on any atom is 0.154 e. The van der Waals surface area contributed by atoms with Crippen molar-refractivity contribution in [1.29, 1.82) is 0 Å². The first kappa shape index (κ1) is 10.3. The van der Waals surface area contributed by atoms with Crippen LogP contribution in [0.25, 0.3) is 11.5 Å². The third-order valence-corrected chi connectivity index (χ3v) is 3.36. The molecule has 0 amide bonds. The van der Waals surface area contributed by atoms with Crippen LogP contribution in [0.4, 0.5) is 0 Å². The highest BCUT2D eigenvalue weighted by Gasteiger charge is 2.30. The normalized spacial score (nSPS) is 17.0. The van der Waals surface area contributed by atoms with Crippen molar-refractivity contribution in [2.75, 3.05) is 0 Å². The summed E-state index contributed by atoms with van der Waals surface area (Å²) >= 11 is 0. The number of aldehydes is 1. The first-order valence-corrected chi connectivity index (χ1v) is 5.88. The van der Waals surface area contributed by atoms with Crippen LogP contribution < -0.4 is 0 Å². The van der Waals surface area contributed by atoms with Crippen LogP contribution in [0.2, 0.25) is 0 Å². The SMILES string of the molecule is CC(C1CC1)n1cc(C=O)c(-c2ccco2)n1. The summed E-state index contributed by atoms with van der Waals surface area (Å²) in [5, 5.41) is 4.48. The summed E-state index contributed by atoms with van der Waals surface area (Å²) in [5.74, 6) is 1.35. The van der Waals surface area contributed by atoms with Gasteiger partial charge in [0, 0.05) is 6.20 Å². The third-order valence-electron chi connectivity index (χ3n) is 3.36. The van der Waals surface area contributed by atoms with Gasteiger partial charge in [-0.1, -0.05) is 0 Å². The van der Waals surface area contributed by atoms with Crippen LogP contribution in [0.1, 0.15) is 36.2 Å². The highest BCUT2D eigenvalue weighted by atomic mass is 16.3. The van der Waals surface area contributed by atoms with Gasteiger partial charge in [-0.15, -0.1) is 0 Å². The van der Waals surface area contributed by atoms with Gasteiger partial charge in [0.2, 0.25) is 0 Å². The van der Waals surface area contributed by atoms with Gasteiger partial charge in [-0.25, -0.2) is 0 Å². The monoisotopic (exact) mass is 230 g/mol. The fourth-order valence-corrected chi connectivity index (χ4v) is 2.10. The molecule has 2 aromatic rings. The number of nitrogens with zero attached hydrogens (tertiary/aromatic N) is 2. The topological polar surface area (TPSA) is 48.0 Å². The Bertz CT molecular complexity index is 524. The summed E-state index contributed by atoms with van der Waals surface area (Å²) in [5.41, 5.74) is 1.23. The Labute approximate surface area is 99.2 Å². The molecule has 0 aromatic carbocycles. The van der Waals surface area contributed by atoms with E-state index in [-0.39, 0.29) is 0 Å². The number of carbonyl (C=O) groups is 1. The molecule has 0 bridgehead atoms. The second-order valence-electron chi connectivity index (χ2n) is 4.59. The average molecular weight is 230 g/mol. The lowest BCUT2D eigenvalue weighted by Gasteiger charge is -2.09. The molecule has 0 radical (unpaired) electrons. The zero-order chi connectivity index (χ0) is 11.8. The van der Waals surface area contributed by atoms with Gasteiger partial charge in [-0.3, -0.25) is 9.48 Å². The molecule has 2 heterocycles. The first-order valence-electron chi connectivity index (χ1n) is 5.88. The summed E-state index contributed by atoms with van der Waals surface area (Å²) in [4.78, 5) is 11.0. The van der Waals surface area contributed by atoms with E-state index < -0.39 is 0 Å². The van der Waals surface area contributed by atoms with Gasteiger partial charge in [0.25, 0.3) is 0 Å². The molecule has 3 rings (SSSR count). The average Bonchev–Trinajstić information content (AvgIpc) is 2.90. The highest BCUT2D eigenvalue weighted by molar-refractivity contribution is 5.83. The molecule has 1 atom stereocenters. The van der Waals surface area contributed by atoms with Crippen molar-refractivity contribution in [2.24, 2.45) is 5.92 Å². The van der Waals surface area contributed by atoms with E-state index in [2.05, 4.69) is 12.0 Å². The van der Waals surface area contributed by atoms with Gasteiger partial charge in [0.1, 0.15) is 5.69 Å². The van der Waals surface area contributed by atoms with Crippen molar-refractivity contribution < 1.29 is 9.21 Å². The minimum Gasteiger partial charge on any atom is -0.463 e. The molecular weight excluding hydrogens is 216 g/mol. The van der Waals surface area contributed by atoms with Gasteiger partial charge < -0.3 is 4.42 Å². The van der Waals surface area contributed by atoms with E-state index in [0.29, 0.717) is 29.0 Å². The molecule has 1 aliphatic rings. The first-order chi connectivity index (χ1) is 8.29. The number of carbonyl (C=O) groups excluding carboxylic acids is 1. The van der Waals surface area contributed by atoms with Crippen LogP contribution >= 0.6 is 0 Å². The summed E-state index contributed by atoms with van der Waals surface area (Å²) in [7, 11) is 0. The Hall–Kier alpha value is -1.84. The molecule has 0 spiro atoms. The van der Waals surface area contributed by atoms with E-state index in [1.165, 1.54) is 12.8 Å². The van der Waals surface area contributed by atoms with E-state index in [9.17, 15) is 4.79 Å². The van der Waals surface area contributed by atoms with Crippen molar-refractivity contribution >= 4 is 6.29 Å². The lowest BCUT2D eigenvalue weighted by Crippen LogP contribution is -2.07. The fraction of sp³-hybridized carbons (Fsp3) is 0.385. The number of rotatable bonds is 4. The highest BCUT2D eigenvalue weighted by Crippen LogP contribution is 2.39. The fourth-order valence-electron chi connectivity index (χ4n) is 2.10. The number of furan rings is 1. The summed E-state index contributed by atoms with van der Waals surface area (Å²) in [6.07, 6.45) is 6.75. The van der Waals surface area contributed by atoms with E-state index in [0.717, 1.165) is 6.29 Å². The quantitative estimate of drug-likeness (QED) is 0.759. The van der Waals surface area contributed by atoms with Crippen LogP contribution in [-0.4, -0.2) is 16.1 Å². The number of hydrogen-bond acceptors (Lipinski definition) is 3. The number of aromatic nitrogens is 2. The Morgan fingerprint density at radius 3 is 3.00 bits per heavy atom. The molecule has 4 heteroatoms. The second-order valence-corrected chi connectivity index (χ2v) is 4.59. The molecule has 4 nitrogen and oxygen atoms in total. The van der Waals surface area contributed by atoms with Gasteiger partial charge in [0.15, 0.2) is 12.0 Å². The predicted molar refractivity (Wildman–Crippen MR) is 62.8 cm³/mol. The van der Waals surface area contributed by atoms with Crippen molar-refractivity contribution in [3.63, 3.8) is 0 Å². The van der Waals surface area contributed by atoms with Gasteiger partial charge in [-0.2, -0.15) is 5.10 Å². The summed E-state index contributed by atoms with van der Waals surface area (Å²) in [6.45, 7) is 2.14. The smallest absolute Gasteiger partial charge is 0.154 e. The van der Waals surface area contributed by atoms with Crippen LogP contribution in [0.5, 0.6) is 0 Å². The molecule has 0 aliphatic heterocycles. The van der Waals surface area contributed by atoms with E-state index in [1.807, 2.05) is 16.9 Å². The lowest BCUT2D eigenvalue weighted by molar-refractivity contribution is 0.112. The maximum atomic E-state index is 11.0. The molecule has 17 heavy (non-hydrogen) atoms. The zero-order valence-corrected chi connectivity index (χ0v) is 9.67. The van der Waals surface area contributed by atoms with E-state index >= 15 is 0 Å². The van der Waals surface area contributed by atoms with Gasteiger partial charge in [0.05, 0.1) is 17.9 Å². The van der Waals surface area contributed by atoms with Crippen LogP contribution in [0, 0.1) is 5.92 Å². The Balaban J connectivity index is 2.00. The van der Waals surface area contributed by atoms with Gasteiger partial charge >= 0.3 is 0 Å². The number of hydrogen-bond donors (Lipinski definition) is 0. The molecule has 1 aliphatic carbocycles. The van der Waals surface area contributed by atoms with Crippen molar-refractivity contribution in [3.05, 3.63) is 30.2 Å². The molecule has 1 saturated carbocycles. The molecule has 0 saturated heterocycles. The molecule has 88 valence electrons. The predicted octanol–water partition coefficient (Wildman–Crippen LogP) is 2.93.